The van der Waals surface area contributed by atoms with Crippen molar-refractivity contribution in [3.63, 3.8) is 0 Å². The summed E-state index contributed by atoms with van der Waals surface area (Å²) in [7, 11) is 0. The Morgan fingerprint density at radius 1 is 1.09 bits per heavy atom. The van der Waals surface area contributed by atoms with Gasteiger partial charge in [-0.2, -0.15) is 0 Å². The SMILES string of the molecule is CC(C)Oc1ccc2ccccc2c1CCN1CCNCC1. The number of hydrogen-bond donors (Lipinski definition) is 1. The first kappa shape index (κ1) is 15.3. The molecule has 0 spiro atoms. The van der Waals surface area contributed by atoms with Gasteiger partial charge in [-0.05, 0) is 37.1 Å². The minimum absolute atomic E-state index is 0.207. The number of ether oxygens (including phenoxy) is 1. The third-order valence-corrected chi connectivity index (χ3v) is 4.25. The van der Waals surface area contributed by atoms with Crippen LogP contribution in [0.3, 0.4) is 0 Å². The Kier molecular flexibility index (Phi) is 4.96. The van der Waals surface area contributed by atoms with Gasteiger partial charge in [0.2, 0.25) is 0 Å². The standard InChI is InChI=1S/C19H26N2O/c1-15(2)22-19-8-7-16-5-3-4-6-17(16)18(19)9-12-21-13-10-20-11-14-21/h3-8,15,20H,9-14H2,1-2H3. The van der Waals surface area contributed by atoms with E-state index in [4.69, 9.17) is 4.74 Å². The summed E-state index contributed by atoms with van der Waals surface area (Å²) in [5.41, 5.74) is 1.35. The lowest BCUT2D eigenvalue weighted by Crippen LogP contribution is -2.44. The second-order valence-corrected chi connectivity index (χ2v) is 6.27. The molecular weight excluding hydrogens is 272 g/mol. The molecule has 0 radical (unpaired) electrons. The molecule has 0 unspecified atom stereocenters. The number of rotatable bonds is 5. The van der Waals surface area contributed by atoms with E-state index in [0.29, 0.717) is 0 Å². The van der Waals surface area contributed by atoms with Crippen molar-refractivity contribution >= 4 is 10.8 Å². The fourth-order valence-corrected chi connectivity index (χ4v) is 3.14. The van der Waals surface area contributed by atoms with E-state index in [2.05, 4.69) is 60.5 Å². The lowest BCUT2D eigenvalue weighted by atomic mass is 10.0. The lowest BCUT2D eigenvalue weighted by molar-refractivity contribution is 0.231. The van der Waals surface area contributed by atoms with Crippen molar-refractivity contribution in [2.75, 3.05) is 32.7 Å². The van der Waals surface area contributed by atoms with E-state index in [-0.39, 0.29) is 6.10 Å². The molecule has 3 heteroatoms. The highest BCUT2D eigenvalue weighted by Gasteiger charge is 2.14. The van der Waals surface area contributed by atoms with Gasteiger partial charge in [-0.3, -0.25) is 0 Å². The topological polar surface area (TPSA) is 24.5 Å². The van der Waals surface area contributed by atoms with Gasteiger partial charge >= 0.3 is 0 Å². The number of nitrogens with zero attached hydrogens (tertiary/aromatic N) is 1. The molecule has 1 N–H and O–H groups in total. The number of benzene rings is 2. The summed E-state index contributed by atoms with van der Waals surface area (Å²) >= 11 is 0. The summed E-state index contributed by atoms with van der Waals surface area (Å²) in [6.07, 6.45) is 1.25. The normalized spacial score (nSPS) is 16.3. The van der Waals surface area contributed by atoms with Crippen LogP contribution < -0.4 is 10.1 Å². The van der Waals surface area contributed by atoms with Crippen molar-refractivity contribution < 1.29 is 4.74 Å². The Labute approximate surface area is 133 Å². The second kappa shape index (κ2) is 7.12. The van der Waals surface area contributed by atoms with Gasteiger partial charge in [0.15, 0.2) is 0 Å². The minimum atomic E-state index is 0.207. The number of nitrogens with one attached hydrogen (secondary N) is 1. The maximum Gasteiger partial charge on any atom is 0.123 e. The third-order valence-electron chi connectivity index (χ3n) is 4.25. The molecule has 0 bridgehead atoms. The average Bonchev–Trinajstić information content (AvgIpc) is 2.54. The van der Waals surface area contributed by atoms with Crippen LogP contribution >= 0.6 is 0 Å². The number of piperazine rings is 1. The van der Waals surface area contributed by atoms with E-state index in [0.717, 1.165) is 44.9 Å². The Balaban J connectivity index is 1.86. The molecule has 0 amide bonds. The van der Waals surface area contributed by atoms with E-state index >= 15 is 0 Å². The van der Waals surface area contributed by atoms with Crippen LogP contribution in [0.5, 0.6) is 5.75 Å². The van der Waals surface area contributed by atoms with Crippen LogP contribution in [0, 0.1) is 0 Å². The molecule has 2 aromatic carbocycles. The Bertz CT molecular complexity index is 618. The zero-order valence-corrected chi connectivity index (χ0v) is 13.6. The van der Waals surface area contributed by atoms with Gasteiger partial charge in [-0.15, -0.1) is 0 Å². The van der Waals surface area contributed by atoms with E-state index < -0.39 is 0 Å². The Morgan fingerprint density at radius 3 is 2.64 bits per heavy atom. The van der Waals surface area contributed by atoms with Gasteiger partial charge in [-0.25, -0.2) is 0 Å². The molecule has 118 valence electrons. The molecule has 3 rings (SSSR count). The number of hydrogen-bond acceptors (Lipinski definition) is 3. The minimum Gasteiger partial charge on any atom is -0.491 e. The van der Waals surface area contributed by atoms with Crippen LogP contribution in [0.15, 0.2) is 36.4 Å². The molecule has 22 heavy (non-hydrogen) atoms. The molecular formula is C19H26N2O. The third kappa shape index (κ3) is 3.60. The van der Waals surface area contributed by atoms with E-state index in [1.165, 1.54) is 16.3 Å². The molecule has 2 aromatic rings. The molecule has 0 saturated carbocycles. The van der Waals surface area contributed by atoms with Crippen LogP contribution in [-0.2, 0) is 6.42 Å². The monoisotopic (exact) mass is 298 g/mol. The highest BCUT2D eigenvalue weighted by molar-refractivity contribution is 5.87. The maximum absolute atomic E-state index is 6.06. The fourth-order valence-electron chi connectivity index (χ4n) is 3.14. The summed E-state index contributed by atoms with van der Waals surface area (Å²) in [5.74, 6) is 1.05. The van der Waals surface area contributed by atoms with E-state index in [1.807, 2.05) is 0 Å². The summed E-state index contributed by atoms with van der Waals surface area (Å²) in [4.78, 5) is 2.54. The number of fused-ring (bicyclic) bond motifs is 1. The van der Waals surface area contributed by atoms with Gasteiger partial charge in [-0.1, -0.05) is 30.3 Å². The largest absolute Gasteiger partial charge is 0.491 e. The summed E-state index contributed by atoms with van der Waals surface area (Å²) < 4.78 is 6.06. The first-order valence-corrected chi connectivity index (χ1v) is 8.34. The van der Waals surface area contributed by atoms with Gasteiger partial charge in [0.05, 0.1) is 6.10 Å². The molecule has 1 aliphatic rings. The average molecular weight is 298 g/mol. The van der Waals surface area contributed by atoms with Gasteiger partial charge < -0.3 is 15.0 Å². The predicted octanol–water partition coefficient (Wildman–Crippen LogP) is 3.07. The first-order valence-electron chi connectivity index (χ1n) is 8.34. The van der Waals surface area contributed by atoms with E-state index in [9.17, 15) is 0 Å². The van der Waals surface area contributed by atoms with E-state index in [1.54, 1.807) is 0 Å². The van der Waals surface area contributed by atoms with Crippen molar-refractivity contribution in [2.45, 2.75) is 26.4 Å². The Morgan fingerprint density at radius 2 is 1.86 bits per heavy atom. The molecule has 1 saturated heterocycles. The highest BCUT2D eigenvalue weighted by Crippen LogP contribution is 2.29. The van der Waals surface area contributed by atoms with Crippen LogP contribution in [0.1, 0.15) is 19.4 Å². The van der Waals surface area contributed by atoms with Crippen molar-refractivity contribution in [1.82, 2.24) is 10.2 Å². The molecule has 0 atom stereocenters. The van der Waals surface area contributed by atoms with Crippen LogP contribution in [0.2, 0.25) is 0 Å². The van der Waals surface area contributed by atoms with Gasteiger partial charge in [0, 0.05) is 38.3 Å². The van der Waals surface area contributed by atoms with Crippen molar-refractivity contribution in [1.29, 1.82) is 0 Å². The summed E-state index contributed by atoms with van der Waals surface area (Å²) in [6, 6.07) is 12.9. The van der Waals surface area contributed by atoms with Crippen molar-refractivity contribution in [2.24, 2.45) is 0 Å². The second-order valence-electron chi connectivity index (χ2n) is 6.27. The van der Waals surface area contributed by atoms with Gasteiger partial charge in [0.1, 0.15) is 5.75 Å². The summed E-state index contributed by atoms with van der Waals surface area (Å²) in [5, 5.41) is 6.04. The Hall–Kier alpha value is -1.58. The smallest absolute Gasteiger partial charge is 0.123 e. The molecule has 3 nitrogen and oxygen atoms in total. The quantitative estimate of drug-likeness (QED) is 0.918. The first-order chi connectivity index (χ1) is 10.7. The van der Waals surface area contributed by atoms with Crippen molar-refractivity contribution in [3.05, 3.63) is 42.0 Å². The van der Waals surface area contributed by atoms with Crippen LogP contribution in [-0.4, -0.2) is 43.7 Å². The lowest BCUT2D eigenvalue weighted by Gasteiger charge is -2.27. The molecule has 1 aliphatic heterocycles. The van der Waals surface area contributed by atoms with Gasteiger partial charge in [0.25, 0.3) is 0 Å². The molecule has 1 heterocycles. The molecule has 0 aromatic heterocycles. The highest BCUT2D eigenvalue weighted by atomic mass is 16.5. The zero-order valence-electron chi connectivity index (χ0n) is 13.6. The van der Waals surface area contributed by atoms with Crippen molar-refractivity contribution in [3.8, 4) is 5.75 Å². The van der Waals surface area contributed by atoms with Crippen LogP contribution in [0.4, 0.5) is 0 Å². The zero-order chi connectivity index (χ0) is 15.4. The molecule has 1 fully saturated rings. The van der Waals surface area contributed by atoms with Crippen LogP contribution in [0.25, 0.3) is 10.8 Å². The maximum atomic E-state index is 6.06. The molecule has 0 aliphatic carbocycles. The fraction of sp³-hybridized carbons (Fsp3) is 0.474. The summed E-state index contributed by atoms with van der Waals surface area (Å²) in [6.45, 7) is 9.78. The predicted molar refractivity (Wildman–Crippen MR) is 92.7 cm³/mol.